The molecular weight excluding hydrogens is 982 g/mol. The Morgan fingerprint density at radius 1 is 0.321 bits per heavy atom. The SMILES string of the molecule is CC(C)(C)c1ccc(-c2nc3cc4c(cc3n2-c2ccccc2)B2c3cc(C(C)(C)C)ccc3N(c3ccc(C(C)(C)C)cc3)c3cc(-n5c6ccccc6c6ccccc65)cc(c32)N4c2cc(C(C)(C)C)cc(C(C)(C)C)c2)cc1. The van der Waals surface area contributed by atoms with E-state index in [-0.39, 0.29) is 33.8 Å². The Hall–Kier alpha value is -8.09. The van der Waals surface area contributed by atoms with Crippen LogP contribution in [0.3, 0.4) is 0 Å². The Kier molecular flexibility index (Phi) is 11.8. The first-order chi connectivity index (χ1) is 38.3. The molecule has 0 bridgehead atoms. The van der Waals surface area contributed by atoms with Crippen molar-refractivity contribution >= 4 is 90.1 Å². The summed E-state index contributed by atoms with van der Waals surface area (Å²) in [5.74, 6) is 0.922. The van der Waals surface area contributed by atoms with E-state index in [4.69, 9.17) is 4.98 Å². The molecule has 2 aromatic heterocycles. The molecule has 0 saturated carbocycles. The summed E-state index contributed by atoms with van der Waals surface area (Å²) in [5, 5.41) is 2.48. The summed E-state index contributed by atoms with van der Waals surface area (Å²) < 4.78 is 4.92. The summed E-state index contributed by atoms with van der Waals surface area (Å²) in [4.78, 5) is 11.0. The lowest BCUT2D eigenvalue weighted by Gasteiger charge is -2.45. The average Bonchev–Trinajstić information content (AvgIpc) is 2.16. The maximum atomic E-state index is 5.76. The third-order valence-corrected chi connectivity index (χ3v) is 17.5. The van der Waals surface area contributed by atoms with Crippen molar-refractivity contribution in [2.24, 2.45) is 0 Å². The first-order valence-corrected chi connectivity index (χ1v) is 29.2. The molecule has 0 saturated heterocycles. The molecule has 0 radical (unpaired) electrons. The van der Waals surface area contributed by atoms with Crippen LogP contribution in [0.2, 0.25) is 0 Å². The van der Waals surface area contributed by atoms with Crippen molar-refractivity contribution in [2.75, 3.05) is 9.80 Å². The van der Waals surface area contributed by atoms with E-state index in [2.05, 4.69) is 311 Å². The fourth-order valence-corrected chi connectivity index (χ4v) is 12.8. The van der Waals surface area contributed by atoms with Crippen LogP contribution in [0.5, 0.6) is 0 Å². The maximum absolute atomic E-state index is 5.76. The van der Waals surface area contributed by atoms with Gasteiger partial charge in [0.2, 0.25) is 0 Å². The van der Waals surface area contributed by atoms with E-state index >= 15 is 0 Å². The van der Waals surface area contributed by atoms with E-state index in [9.17, 15) is 0 Å². The molecule has 6 heteroatoms. The van der Waals surface area contributed by atoms with Gasteiger partial charge in [-0.3, -0.25) is 4.57 Å². The molecule has 0 amide bonds. The summed E-state index contributed by atoms with van der Waals surface area (Å²) in [6.45, 7) is 34.8. The number of rotatable bonds is 5. The van der Waals surface area contributed by atoms with Crippen molar-refractivity contribution in [3.8, 4) is 22.8 Å². The Balaban J connectivity index is 1.21. The number of hydrogen-bond acceptors (Lipinski definition) is 3. The molecule has 0 spiro atoms. The molecule has 4 heterocycles. The summed E-state index contributed by atoms with van der Waals surface area (Å²) in [5.41, 5.74) is 24.6. The van der Waals surface area contributed by atoms with Gasteiger partial charge in [0, 0.05) is 56.1 Å². The summed E-state index contributed by atoms with van der Waals surface area (Å²) in [6.07, 6.45) is 0. The fraction of sp³-hybridized carbons (Fsp3) is 0.267. The zero-order valence-electron chi connectivity index (χ0n) is 50.2. The van der Waals surface area contributed by atoms with Crippen LogP contribution in [0, 0.1) is 0 Å². The number of hydrogen-bond donors (Lipinski definition) is 0. The van der Waals surface area contributed by atoms with E-state index in [1.807, 2.05) is 0 Å². The Morgan fingerprint density at radius 3 is 1.35 bits per heavy atom. The Morgan fingerprint density at radius 2 is 0.802 bits per heavy atom. The number of aromatic nitrogens is 3. The predicted molar refractivity (Wildman–Crippen MR) is 348 cm³/mol. The molecular formula is C75H76BN5. The number of para-hydroxylation sites is 3. The first-order valence-electron chi connectivity index (χ1n) is 29.2. The van der Waals surface area contributed by atoms with Gasteiger partial charge in [0.15, 0.2) is 0 Å². The van der Waals surface area contributed by atoms with Crippen LogP contribution in [-0.4, -0.2) is 20.8 Å². The van der Waals surface area contributed by atoms with Crippen molar-refractivity contribution in [2.45, 2.75) is 131 Å². The highest BCUT2D eigenvalue weighted by atomic mass is 15.2. The van der Waals surface area contributed by atoms with Gasteiger partial charge in [-0.15, -0.1) is 0 Å². The van der Waals surface area contributed by atoms with Crippen LogP contribution >= 0.6 is 0 Å². The summed E-state index contributed by atoms with van der Waals surface area (Å²) in [7, 11) is 0. The summed E-state index contributed by atoms with van der Waals surface area (Å²) >= 11 is 0. The second-order valence-electron chi connectivity index (χ2n) is 28.3. The normalized spacial score (nSPS) is 13.8. The van der Waals surface area contributed by atoms with Gasteiger partial charge in [-0.05, 0) is 150 Å². The van der Waals surface area contributed by atoms with Crippen LogP contribution < -0.4 is 26.2 Å². The van der Waals surface area contributed by atoms with Gasteiger partial charge >= 0.3 is 0 Å². The Labute approximate surface area is 481 Å². The molecule has 0 aliphatic carbocycles. The van der Waals surface area contributed by atoms with E-state index in [1.165, 1.54) is 77.4 Å². The van der Waals surface area contributed by atoms with Gasteiger partial charge in [-0.1, -0.05) is 213 Å². The van der Waals surface area contributed by atoms with Crippen molar-refractivity contribution in [3.05, 3.63) is 216 Å². The van der Waals surface area contributed by atoms with E-state index in [0.29, 0.717) is 0 Å². The van der Waals surface area contributed by atoms with Gasteiger partial charge in [0.25, 0.3) is 6.71 Å². The Bertz CT molecular complexity index is 4210. The standard InChI is InChI=1S/C75H76BN5/c1-71(2,3)48-31-29-47(30-32-48)70-77-61-46-65-60(45-66(61)81(70)53-23-17-16-18-24-53)76-59-42-50(73(7,8)9)35-38-64(59)78(54-36-33-49(34-37-54)72(4,5)6)67-43-56(79-62-27-21-19-25-57(62)58-26-20-22-28-63(58)79)44-68(69(67)76)80(65)55-40-51(74(10,11)12)39-52(41-55)75(13,14)15/h16-46H,1-15H3. The second-order valence-corrected chi connectivity index (χ2v) is 28.3. The lowest BCUT2D eigenvalue weighted by molar-refractivity contribution is 0.568. The molecule has 404 valence electrons. The van der Waals surface area contributed by atoms with Gasteiger partial charge in [0.05, 0.1) is 27.8 Å². The van der Waals surface area contributed by atoms with Gasteiger partial charge < -0.3 is 14.4 Å². The van der Waals surface area contributed by atoms with Gasteiger partial charge in [-0.2, -0.15) is 0 Å². The molecule has 2 aliphatic rings. The average molecular weight is 1060 g/mol. The smallest absolute Gasteiger partial charge is 0.252 e. The zero-order chi connectivity index (χ0) is 56.9. The van der Waals surface area contributed by atoms with Crippen LogP contribution in [0.1, 0.15) is 132 Å². The molecule has 9 aromatic carbocycles. The highest BCUT2D eigenvalue weighted by Crippen LogP contribution is 2.49. The molecule has 81 heavy (non-hydrogen) atoms. The number of anilines is 6. The van der Waals surface area contributed by atoms with Crippen LogP contribution in [0.25, 0.3) is 55.6 Å². The lowest BCUT2D eigenvalue weighted by Crippen LogP contribution is -2.61. The van der Waals surface area contributed by atoms with Crippen LogP contribution in [0.4, 0.5) is 34.1 Å². The van der Waals surface area contributed by atoms with Crippen LogP contribution in [0.15, 0.2) is 188 Å². The van der Waals surface area contributed by atoms with Gasteiger partial charge in [0.1, 0.15) is 5.82 Å². The molecule has 0 fully saturated rings. The molecule has 2 aliphatic heterocycles. The minimum absolute atomic E-state index is 0.00822. The fourth-order valence-electron chi connectivity index (χ4n) is 12.8. The van der Waals surface area contributed by atoms with Crippen molar-refractivity contribution in [1.29, 1.82) is 0 Å². The van der Waals surface area contributed by atoms with Crippen LogP contribution in [-0.2, 0) is 27.1 Å². The molecule has 11 aromatic rings. The molecule has 0 unspecified atom stereocenters. The molecule has 13 rings (SSSR count). The number of imidazole rings is 1. The maximum Gasteiger partial charge on any atom is 0.252 e. The number of benzene rings is 9. The van der Waals surface area contributed by atoms with E-state index < -0.39 is 0 Å². The minimum atomic E-state index is -0.151. The minimum Gasteiger partial charge on any atom is -0.311 e. The largest absolute Gasteiger partial charge is 0.311 e. The third kappa shape index (κ3) is 8.71. The third-order valence-electron chi connectivity index (χ3n) is 17.5. The van der Waals surface area contributed by atoms with E-state index in [0.717, 1.165) is 56.5 Å². The topological polar surface area (TPSA) is 29.2 Å². The highest BCUT2D eigenvalue weighted by Gasteiger charge is 2.45. The van der Waals surface area contributed by atoms with Crippen molar-refractivity contribution < 1.29 is 0 Å². The molecule has 0 N–H and O–H groups in total. The predicted octanol–water partition coefficient (Wildman–Crippen LogP) is 18.4. The number of nitrogens with zero attached hydrogens (tertiary/aromatic N) is 5. The first kappa shape index (κ1) is 52.3. The zero-order valence-corrected chi connectivity index (χ0v) is 50.2. The lowest BCUT2D eigenvalue weighted by atomic mass is 9.33. The molecule has 5 nitrogen and oxygen atoms in total. The van der Waals surface area contributed by atoms with Gasteiger partial charge in [-0.25, -0.2) is 4.98 Å². The monoisotopic (exact) mass is 1060 g/mol. The van der Waals surface area contributed by atoms with Crippen molar-refractivity contribution in [3.63, 3.8) is 0 Å². The molecule has 0 atom stereocenters. The number of fused-ring (bicyclic) bond motifs is 8. The highest BCUT2D eigenvalue weighted by molar-refractivity contribution is 7.00. The quantitative estimate of drug-likeness (QED) is 0.161. The second kappa shape index (κ2) is 18.2. The van der Waals surface area contributed by atoms with E-state index in [1.54, 1.807) is 0 Å². The van der Waals surface area contributed by atoms with Crippen molar-refractivity contribution in [1.82, 2.24) is 14.1 Å². The summed E-state index contributed by atoms with van der Waals surface area (Å²) in [6, 6.07) is 71.9.